The average Bonchev–Trinajstić information content (AvgIpc) is 2.54. The van der Waals surface area contributed by atoms with Gasteiger partial charge in [0.05, 0.1) is 5.56 Å². The summed E-state index contributed by atoms with van der Waals surface area (Å²) in [5.41, 5.74) is -0.327. The average molecular weight is 357 g/mol. The van der Waals surface area contributed by atoms with Crippen molar-refractivity contribution in [2.75, 3.05) is 7.05 Å². The minimum Gasteiger partial charge on any atom is -0.357 e. The second-order valence-corrected chi connectivity index (χ2v) is 5.25. The minimum absolute atomic E-state index is 0.0102. The van der Waals surface area contributed by atoms with Gasteiger partial charge in [-0.3, -0.25) is 9.59 Å². The van der Waals surface area contributed by atoms with Crippen molar-refractivity contribution in [2.24, 2.45) is 0 Å². The van der Waals surface area contributed by atoms with E-state index in [1.54, 1.807) is 0 Å². The highest BCUT2D eigenvalue weighted by Gasteiger charge is 2.24. The molecule has 0 radical (unpaired) electrons. The summed E-state index contributed by atoms with van der Waals surface area (Å²) in [6, 6.07) is 4.85. The molecular weight excluding hydrogens is 345 g/mol. The summed E-state index contributed by atoms with van der Waals surface area (Å²) >= 11 is 5.62. The molecule has 2 aromatic rings. The summed E-state index contributed by atoms with van der Waals surface area (Å²) in [6.07, 6.45) is 0. The topological polar surface area (TPSA) is 58.2 Å². The fraction of sp³-hybridized carbons (Fsp3) is 0.125. The highest BCUT2D eigenvalue weighted by molar-refractivity contribution is 6.30. The van der Waals surface area contributed by atoms with Crippen LogP contribution >= 0.6 is 11.6 Å². The molecule has 8 heteroatoms. The molecule has 2 aromatic carbocycles. The van der Waals surface area contributed by atoms with Gasteiger partial charge in [-0.25, -0.2) is 13.2 Å². The molecule has 24 heavy (non-hydrogen) atoms. The number of benzene rings is 2. The monoisotopic (exact) mass is 356 g/mol. The van der Waals surface area contributed by atoms with Crippen LogP contribution in [0.25, 0.3) is 0 Å². The zero-order valence-corrected chi connectivity index (χ0v) is 13.1. The number of rotatable bonds is 4. The van der Waals surface area contributed by atoms with Crippen LogP contribution in [0.1, 0.15) is 22.0 Å². The Morgan fingerprint density at radius 1 is 1.00 bits per heavy atom. The molecule has 0 heterocycles. The lowest BCUT2D eigenvalue weighted by molar-refractivity contribution is -0.122. The van der Waals surface area contributed by atoms with Gasteiger partial charge < -0.3 is 10.6 Å². The number of nitrogens with one attached hydrogen (secondary N) is 2. The standard InChI is InChI=1S/C16H12ClF3N2O2/c1-21-16(24)14(8-2-5-11(18)13(20)6-8)22-15(23)10-4-3-9(17)7-12(10)19/h2-7,14H,1H3,(H,21,24)(H,22,23)/t14-/m1/s1. The Morgan fingerprint density at radius 2 is 1.71 bits per heavy atom. The molecular formula is C16H12ClF3N2O2. The highest BCUT2D eigenvalue weighted by Crippen LogP contribution is 2.19. The molecule has 0 aliphatic heterocycles. The predicted molar refractivity (Wildman–Crippen MR) is 82.0 cm³/mol. The maximum atomic E-state index is 13.8. The maximum absolute atomic E-state index is 13.8. The van der Waals surface area contributed by atoms with Crippen molar-refractivity contribution >= 4 is 23.4 Å². The van der Waals surface area contributed by atoms with Gasteiger partial charge in [0.2, 0.25) is 5.91 Å². The molecule has 2 N–H and O–H groups in total. The Balaban J connectivity index is 2.33. The van der Waals surface area contributed by atoms with E-state index in [-0.39, 0.29) is 16.1 Å². The molecule has 0 aliphatic rings. The Morgan fingerprint density at radius 3 is 2.29 bits per heavy atom. The molecule has 0 fully saturated rings. The highest BCUT2D eigenvalue weighted by atomic mass is 35.5. The van der Waals surface area contributed by atoms with Crippen LogP contribution in [0.3, 0.4) is 0 Å². The van der Waals surface area contributed by atoms with E-state index in [9.17, 15) is 22.8 Å². The molecule has 1 atom stereocenters. The first-order valence-electron chi connectivity index (χ1n) is 6.76. The van der Waals surface area contributed by atoms with Crippen molar-refractivity contribution in [3.63, 3.8) is 0 Å². The number of likely N-dealkylation sites (N-methyl/N-ethyl adjacent to an activating group) is 1. The molecule has 2 amide bonds. The lowest BCUT2D eigenvalue weighted by Gasteiger charge is -2.18. The molecule has 0 saturated carbocycles. The van der Waals surface area contributed by atoms with Crippen molar-refractivity contribution in [3.05, 3.63) is 70.0 Å². The van der Waals surface area contributed by atoms with Crippen LogP contribution in [0, 0.1) is 17.5 Å². The van der Waals surface area contributed by atoms with Gasteiger partial charge in [-0.15, -0.1) is 0 Å². The van der Waals surface area contributed by atoms with Gasteiger partial charge in [-0.1, -0.05) is 17.7 Å². The van der Waals surface area contributed by atoms with Crippen molar-refractivity contribution < 1.29 is 22.8 Å². The van der Waals surface area contributed by atoms with Gasteiger partial charge >= 0.3 is 0 Å². The zero-order valence-electron chi connectivity index (χ0n) is 12.4. The summed E-state index contributed by atoms with van der Waals surface area (Å²) < 4.78 is 40.2. The van der Waals surface area contributed by atoms with E-state index in [2.05, 4.69) is 10.6 Å². The zero-order chi connectivity index (χ0) is 17.9. The quantitative estimate of drug-likeness (QED) is 0.885. The number of carbonyl (C=O) groups is 2. The van der Waals surface area contributed by atoms with Crippen LogP contribution in [0.15, 0.2) is 36.4 Å². The number of amides is 2. The summed E-state index contributed by atoms with van der Waals surface area (Å²) in [5.74, 6) is -4.72. The van der Waals surface area contributed by atoms with Gasteiger partial charge in [-0.05, 0) is 35.9 Å². The van der Waals surface area contributed by atoms with Gasteiger partial charge in [0.25, 0.3) is 5.91 Å². The summed E-state index contributed by atoms with van der Waals surface area (Å²) in [6.45, 7) is 0. The number of hydrogen-bond donors (Lipinski definition) is 2. The molecule has 0 unspecified atom stereocenters. The third-order valence-electron chi connectivity index (χ3n) is 3.24. The van der Waals surface area contributed by atoms with E-state index < -0.39 is 35.3 Å². The first-order valence-corrected chi connectivity index (χ1v) is 7.13. The second kappa shape index (κ2) is 7.35. The Labute approximate surface area is 140 Å². The predicted octanol–water partition coefficient (Wildman–Crippen LogP) is 2.97. The smallest absolute Gasteiger partial charge is 0.255 e. The van der Waals surface area contributed by atoms with E-state index in [0.717, 1.165) is 30.3 Å². The second-order valence-electron chi connectivity index (χ2n) is 4.82. The lowest BCUT2D eigenvalue weighted by Crippen LogP contribution is -2.39. The van der Waals surface area contributed by atoms with Crippen molar-refractivity contribution in [3.8, 4) is 0 Å². The summed E-state index contributed by atoms with van der Waals surface area (Å²) in [4.78, 5) is 24.1. The summed E-state index contributed by atoms with van der Waals surface area (Å²) in [5, 5.41) is 4.68. The molecule has 4 nitrogen and oxygen atoms in total. The normalized spacial score (nSPS) is 11.7. The molecule has 0 saturated heterocycles. The summed E-state index contributed by atoms with van der Waals surface area (Å²) in [7, 11) is 1.31. The van der Waals surface area contributed by atoms with Gasteiger partial charge in [0.15, 0.2) is 11.6 Å². The van der Waals surface area contributed by atoms with Crippen LogP contribution in [0.5, 0.6) is 0 Å². The van der Waals surface area contributed by atoms with E-state index in [4.69, 9.17) is 11.6 Å². The van der Waals surface area contributed by atoms with Gasteiger partial charge in [-0.2, -0.15) is 0 Å². The molecule has 126 valence electrons. The molecule has 0 aliphatic carbocycles. The van der Waals surface area contributed by atoms with Crippen molar-refractivity contribution in [1.82, 2.24) is 10.6 Å². The van der Waals surface area contributed by atoms with Crippen LogP contribution < -0.4 is 10.6 Å². The number of carbonyl (C=O) groups excluding carboxylic acids is 2. The van der Waals surface area contributed by atoms with Crippen molar-refractivity contribution in [2.45, 2.75) is 6.04 Å². The third-order valence-corrected chi connectivity index (χ3v) is 3.47. The maximum Gasteiger partial charge on any atom is 0.255 e. The van der Waals surface area contributed by atoms with Gasteiger partial charge in [0.1, 0.15) is 11.9 Å². The third kappa shape index (κ3) is 3.86. The SMILES string of the molecule is CNC(=O)[C@H](NC(=O)c1ccc(Cl)cc1F)c1ccc(F)c(F)c1. The van der Waals surface area contributed by atoms with E-state index in [1.807, 2.05) is 0 Å². The van der Waals surface area contributed by atoms with Crippen LogP contribution in [0.4, 0.5) is 13.2 Å². The first kappa shape index (κ1) is 17.8. The van der Waals surface area contributed by atoms with Crippen molar-refractivity contribution in [1.29, 1.82) is 0 Å². The van der Waals surface area contributed by atoms with Crippen LogP contribution in [-0.4, -0.2) is 18.9 Å². The number of halogens is 4. The fourth-order valence-electron chi connectivity index (χ4n) is 2.02. The van der Waals surface area contributed by atoms with Gasteiger partial charge in [0, 0.05) is 12.1 Å². The van der Waals surface area contributed by atoms with E-state index in [0.29, 0.717) is 0 Å². The number of hydrogen-bond acceptors (Lipinski definition) is 2. The Bertz CT molecular complexity index is 799. The van der Waals surface area contributed by atoms with E-state index in [1.165, 1.54) is 13.1 Å². The molecule has 0 spiro atoms. The fourth-order valence-corrected chi connectivity index (χ4v) is 2.18. The first-order chi connectivity index (χ1) is 11.3. The Hall–Kier alpha value is -2.54. The van der Waals surface area contributed by atoms with Crippen LogP contribution in [0.2, 0.25) is 5.02 Å². The molecule has 0 aromatic heterocycles. The molecule has 0 bridgehead atoms. The Kier molecular flexibility index (Phi) is 5.46. The lowest BCUT2D eigenvalue weighted by atomic mass is 10.0. The minimum atomic E-state index is -1.33. The largest absolute Gasteiger partial charge is 0.357 e. The van der Waals surface area contributed by atoms with Crippen LogP contribution in [-0.2, 0) is 4.79 Å². The van der Waals surface area contributed by atoms with E-state index >= 15 is 0 Å². The molecule has 2 rings (SSSR count).